The highest BCUT2D eigenvalue weighted by atomic mass is 35.5. The molecule has 158 valence electrons. The van der Waals surface area contributed by atoms with Gasteiger partial charge in [-0.15, -0.1) is 0 Å². The lowest BCUT2D eigenvalue weighted by Gasteiger charge is -2.14. The van der Waals surface area contributed by atoms with E-state index in [9.17, 15) is 4.79 Å². The third-order valence-electron chi connectivity index (χ3n) is 4.54. The van der Waals surface area contributed by atoms with Crippen LogP contribution in [0.5, 0.6) is 17.2 Å². The molecule has 0 aromatic heterocycles. The molecule has 1 amide bonds. The number of hydrogen-bond donors (Lipinski definition) is 1. The molecular formula is C22H22ClNO4S2. The molecule has 0 atom stereocenters. The second-order valence-corrected chi connectivity index (χ2v) is 8.76. The van der Waals surface area contributed by atoms with Crippen LogP contribution in [0.4, 0.5) is 0 Å². The second kappa shape index (κ2) is 10.2. The van der Waals surface area contributed by atoms with E-state index in [1.807, 2.05) is 19.1 Å². The monoisotopic (exact) mass is 463 g/mol. The van der Waals surface area contributed by atoms with E-state index < -0.39 is 0 Å². The van der Waals surface area contributed by atoms with Crippen molar-refractivity contribution in [3.63, 3.8) is 0 Å². The molecule has 0 saturated carbocycles. The van der Waals surface area contributed by atoms with Gasteiger partial charge in [-0.05, 0) is 54.8 Å². The molecule has 1 aliphatic rings. The first-order valence-corrected chi connectivity index (χ1v) is 10.9. The number of ether oxygens (including phenoxy) is 3. The number of aryl methyl sites for hydroxylation is 1. The molecule has 0 aliphatic carbocycles. The number of amides is 1. The van der Waals surface area contributed by atoms with Crippen molar-refractivity contribution in [2.45, 2.75) is 20.3 Å². The van der Waals surface area contributed by atoms with Gasteiger partial charge in [-0.2, -0.15) is 0 Å². The predicted molar refractivity (Wildman–Crippen MR) is 126 cm³/mol. The summed E-state index contributed by atoms with van der Waals surface area (Å²) >= 11 is 12.6. The van der Waals surface area contributed by atoms with Crippen molar-refractivity contribution in [2.75, 3.05) is 20.3 Å². The molecule has 0 spiro atoms. The molecule has 8 heteroatoms. The summed E-state index contributed by atoms with van der Waals surface area (Å²) in [5.41, 5.74) is 3.07. The number of halogens is 1. The lowest BCUT2D eigenvalue weighted by atomic mass is 10.1. The average molecular weight is 464 g/mol. The van der Waals surface area contributed by atoms with Crippen molar-refractivity contribution in [3.8, 4) is 17.2 Å². The number of thioether (sulfide) groups is 1. The summed E-state index contributed by atoms with van der Waals surface area (Å²) in [4.78, 5) is 12.4. The van der Waals surface area contributed by atoms with Crippen LogP contribution >= 0.6 is 35.6 Å². The third-order valence-corrected chi connectivity index (χ3v) is 5.98. The van der Waals surface area contributed by atoms with Crippen LogP contribution in [0.3, 0.4) is 0 Å². The Kier molecular flexibility index (Phi) is 7.64. The molecule has 1 fully saturated rings. The zero-order valence-corrected chi connectivity index (χ0v) is 19.3. The number of carbonyl (C=O) groups excluding carboxylic acids is 1. The first kappa shape index (κ1) is 22.5. The van der Waals surface area contributed by atoms with Gasteiger partial charge >= 0.3 is 0 Å². The van der Waals surface area contributed by atoms with E-state index in [0.717, 1.165) is 16.9 Å². The van der Waals surface area contributed by atoms with E-state index in [-0.39, 0.29) is 5.91 Å². The normalized spacial score (nSPS) is 14.7. The first-order valence-electron chi connectivity index (χ1n) is 9.33. The summed E-state index contributed by atoms with van der Waals surface area (Å²) in [6, 6.07) is 9.51. The predicted octanol–water partition coefficient (Wildman–Crippen LogP) is 5.30. The summed E-state index contributed by atoms with van der Waals surface area (Å²) in [7, 11) is 1.55. The third kappa shape index (κ3) is 5.47. The molecule has 30 heavy (non-hydrogen) atoms. The lowest BCUT2D eigenvalue weighted by molar-refractivity contribution is -0.115. The maximum absolute atomic E-state index is 11.9. The Hall–Kier alpha value is -2.22. The van der Waals surface area contributed by atoms with Gasteiger partial charge in [0.25, 0.3) is 5.91 Å². The molecule has 2 aromatic carbocycles. The molecule has 2 aromatic rings. The fourth-order valence-electron chi connectivity index (χ4n) is 2.83. The zero-order chi connectivity index (χ0) is 21.7. The lowest BCUT2D eigenvalue weighted by Crippen LogP contribution is -2.17. The topological polar surface area (TPSA) is 56.8 Å². The van der Waals surface area contributed by atoms with Crippen LogP contribution in [0, 0.1) is 13.8 Å². The van der Waals surface area contributed by atoms with Gasteiger partial charge in [0.2, 0.25) is 0 Å². The number of carbonyl (C=O) groups is 1. The number of nitrogens with one attached hydrogen (secondary N) is 1. The average Bonchev–Trinajstić information content (AvgIpc) is 3.02. The number of hydrogen-bond acceptors (Lipinski definition) is 6. The molecule has 1 aliphatic heterocycles. The Morgan fingerprint density at radius 2 is 1.93 bits per heavy atom. The van der Waals surface area contributed by atoms with E-state index in [1.165, 1.54) is 17.3 Å². The van der Waals surface area contributed by atoms with Crippen molar-refractivity contribution >= 4 is 51.9 Å². The summed E-state index contributed by atoms with van der Waals surface area (Å²) in [5, 5.41) is 2.99. The summed E-state index contributed by atoms with van der Waals surface area (Å²) in [5.74, 6) is 1.63. The number of methoxy groups -OCH3 is 1. The molecule has 5 nitrogen and oxygen atoms in total. The maximum Gasteiger partial charge on any atom is 0.263 e. The van der Waals surface area contributed by atoms with Crippen LogP contribution in [0.2, 0.25) is 5.02 Å². The zero-order valence-electron chi connectivity index (χ0n) is 16.9. The summed E-state index contributed by atoms with van der Waals surface area (Å²) in [6.45, 7) is 5.06. The number of benzene rings is 2. The second-order valence-electron chi connectivity index (χ2n) is 6.63. The Bertz CT molecular complexity index is 1010. The maximum atomic E-state index is 11.9. The van der Waals surface area contributed by atoms with Crippen LogP contribution < -0.4 is 19.5 Å². The van der Waals surface area contributed by atoms with Gasteiger partial charge in [0.15, 0.2) is 11.5 Å². The van der Waals surface area contributed by atoms with Gasteiger partial charge in [-0.1, -0.05) is 47.7 Å². The van der Waals surface area contributed by atoms with Crippen molar-refractivity contribution in [3.05, 3.63) is 56.9 Å². The first-order chi connectivity index (χ1) is 14.4. The highest BCUT2D eigenvalue weighted by Crippen LogP contribution is 2.38. The van der Waals surface area contributed by atoms with Gasteiger partial charge in [0, 0.05) is 6.42 Å². The highest BCUT2D eigenvalue weighted by Gasteiger charge is 2.22. The van der Waals surface area contributed by atoms with Gasteiger partial charge < -0.3 is 19.5 Å². The molecule has 1 N–H and O–H groups in total. The van der Waals surface area contributed by atoms with Crippen molar-refractivity contribution in [2.24, 2.45) is 0 Å². The number of rotatable bonds is 8. The fourth-order valence-corrected chi connectivity index (χ4v) is 4.15. The van der Waals surface area contributed by atoms with E-state index in [2.05, 4.69) is 18.3 Å². The van der Waals surface area contributed by atoms with E-state index in [1.54, 1.807) is 25.3 Å². The Labute approximate surface area is 190 Å². The fraction of sp³-hybridized carbons (Fsp3) is 0.273. The van der Waals surface area contributed by atoms with Crippen LogP contribution in [-0.2, 0) is 4.79 Å². The minimum absolute atomic E-state index is 0.218. The van der Waals surface area contributed by atoms with Crippen molar-refractivity contribution in [1.82, 2.24) is 5.32 Å². The molecule has 0 radical (unpaired) electrons. The van der Waals surface area contributed by atoms with Crippen LogP contribution in [0.25, 0.3) is 6.08 Å². The SMILES string of the molecule is COc1cc(/C=C2\SC(=S)NC2=O)cc(Cl)c1OCCCOc1cccc(C)c1C. The molecular weight excluding hydrogens is 442 g/mol. The van der Waals surface area contributed by atoms with Gasteiger partial charge in [-0.3, -0.25) is 4.79 Å². The Morgan fingerprint density at radius 1 is 1.17 bits per heavy atom. The van der Waals surface area contributed by atoms with E-state index >= 15 is 0 Å². The van der Waals surface area contributed by atoms with Gasteiger partial charge in [0.05, 0.1) is 30.3 Å². The largest absolute Gasteiger partial charge is 0.493 e. The Morgan fingerprint density at radius 3 is 2.63 bits per heavy atom. The molecule has 0 bridgehead atoms. The minimum atomic E-state index is -0.218. The van der Waals surface area contributed by atoms with Crippen LogP contribution in [0.15, 0.2) is 35.2 Å². The quantitative estimate of drug-likeness (QED) is 0.325. The van der Waals surface area contributed by atoms with Crippen molar-refractivity contribution in [1.29, 1.82) is 0 Å². The molecule has 1 saturated heterocycles. The van der Waals surface area contributed by atoms with E-state index in [0.29, 0.717) is 45.4 Å². The highest BCUT2D eigenvalue weighted by molar-refractivity contribution is 8.26. The van der Waals surface area contributed by atoms with Crippen LogP contribution in [-0.4, -0.2) is 30.6 Å². The van der Waals surface area contributed by atoms with Gasteiger partial charge in [-0.25, -0.2) is 0 Å². The van der Waals surface area contributed by atoms with Crippen LogP contribution in [0.1, 0.15) is 23.1 Å². The standard InChI is InChI=1S/C22H22ClNO4S2/c1-13-6-4-7-17(14(13)2)27-8-5-9-28-20-16(23)10-15(11-18(20)26-3)12-19-21(25)24-22(29)30-19/h4,6-7,10-12H,5,8-9H2,1-3H3,(H,24,25,29)/b19-12-. The summed E-state index contributed by atoms with van der Waals surface area (Å²) < 4.78 is 17.6. The molecule has 1 heterocycles. The summed E-state index contributed by atoms with van der Waals surface area (Å²) in [6.07, 6.45) is 2.41. The number of thiocarbonyl (C=S) groups is 1. The van der Waals surface area contributed by atoms with Crippen molar-refractivity contribution < 1.29 is 19.0 Å². The van der Waals surface area contributed by atoms with E-state index in [4.69, 9.17) is 38.0 Å². The van der Waals surface area contributed by atoms with Gasteiger partial charge in [0.1, 0.15) is 10.1 Å². The smallest absolute Gasteiger partial charge is 0.263 e. The Balaban J connectivity index is 1.61. The molecule has 0 unspecified atom stereocenters. The molecule has 3 rings (SSSR count). The minimum Gasteiger partial charge on any atom is -0.493 e.